The lowest BCUT2D eigenvalue weighted by Crippen LogP contribution is -2.40. The Hall–Kier alpha value is -1.08. The molecule has 2 aliphatic rings. The van der Waals surface area contributed by atoms with Gasteiger partial charge in [0, 0.05) is 43.7 Å². The van der Waals surface area contributed by atoms with Crippen molar-refractivity contribution in [3.8, 4) is 0 Å². The number of hydrogen-bond acceptors (Lipinski definition) is 6. The van der Waals surface area contributed by atoms with Crippen molar-refractivity contribution in [3.05, 3.63) is 23.8 Å². The van der Waals surface area contributed by atoms with Gasteiger partial charge in [-0.3, -0.25) is 0 Å². The lowest BCUT2D eigenvalue weighted by atomic mass is 9.88. The fourth-order valence-corrected chi connectivity index (χ4v) is 4.11. The van der Waals surface area contributed by atoms with Crippen LogP contribution in [0.25, 0.3) is 0 Å². The highest BCUT2D eigenvalue weighted by Crippen LogP contribution is 2.35. The molecule has 1 aromatic rings. The Bertz CT molecular complexity index is 522. The van der Waals surface area contributed by atoms with Gasteiger partial charge in [-0.25, -0.2) is 9.97 Å². The van der Waals surface area contributed by atoms with Crippen LogP contribution in [-0.2, 0) is 11.2 Å². The first-order chi connectivity index (χ1) is 11.7. The molecule has 3 rings (SSSR count). The van der Waals surface area contributed by atoms with E-state index in [2.05, 4.69) is 15.3 Å². The Labute approximate surface area is 143 Å². The van der Waals surface area contributed by atoms with Crippen LogP contribution < -0.4 is 5.32 Å². The number of hydrogen-bond donors (Lipinski definition) is 3. The van der Waals surface area contributed by atoms with Crippen LogP contribution in [0.4, 0.5) is 0 Å². The van der Waals surface area contributed by atoms with Gasteiger partial charge in [0.2, 0.25) is 0 Å². The maximum Gasteiger partial charge on any atom is 0.125 e. The minimum Gasteiger partial charge on any atom is -0.396 e. The lowest BCUT2D eigenvalue weighted by molar-refractivity contribution is 0.0642. The summed E-state index contributed by atoms with van der Waals surface area (Å²) in [5.41, 5.74) is 0.984. The topological polar surface area (TPSA) is 87.5 Å². The lowest BCUT2D eigenvalue weighted by Gasteiger charge is -2.28. The van der Waals surface area contributed by atoms with Crippen molar-refractivity contribution >= 4 is 0 Å². The molecule has 6 heteroatoms. The molecular formula is C18H29N3O3. The molecule has 2 fully saturated rings. The number of aliphatic hydroxyl groups excluding tert-OH is 2. The van der Waals surface area contributed by atoms with Gasteiger partial charge in [-0.2, -0.15) is 0 Å². The predicted octanol–water partition coefficient (Wildman–Crippen LogP) is 0.702. The van der Waals surface area contributed by atoms with Gasteiger partial charge < -0.3 is 20.3 Å². The van der Waals surface area contributed by atoms with Gasteiger partial charge in [-0.05, 0) is 57.1 Å². The molecule has 6 nitrogen and oxygen atoms in total. The Morgan fingerprint density at radius 1 is 1.29 bits per heavy atom. The summed E-state index contributed by atoms with van der Waals surface area (Å²) < 4.78 is 5.42. The summed E-state index contributed by atoms with van der Waals surface area (Å²) in [7, 11) is 0. The quantitative estimate of drug-likeness (QED) is 0.709. The fourth-order valence-electron chi connectivity index (χ4n) is 4.11. The largest absolute Gasteiger partial charge is 0.396 e. The van der Waals surface area contributed by atoms with Crippen LogP contribution in [0.2, 0.25) is 0 Å². The number of nitrogens with zero attached hydrogens (tertiary/aromatic N) is 2. The zero-order valence-electron chi connectivity index (χ0n) is 14.4. The highest BCUT2D eigenvalue weighted by Gasteiger charge is 2.42. The van der Waals surface area contributed by atoms with E-state index in [4.69, 9.17) is 4.74 Å². The second-order valence-electron chi connectivity index (χ2n) is 7.18. The van der Waals surface area contributed by atoms with Gasteiger partial charge in [0.05, 0.1) is 6.10 Å². The third-order valence-corrected chi connectivity index (χ3v) is 5.56. The average Bonchev–Trinajstić information content (AvgIpc) is 2.88. The average molecular weight is 335 g/mol. The van der Waals surface area contributed by atoms with E-state index in [-0.39, 0.29) is 24.5 Å². The van der Waals surface area contributed by atoms with Crippen molar-refractivity contribution in [2.75, 3.05) is 26.4 Å². The molecule has 0 amide bonds. The van der Waals surface area contributed by atoms with Crippen molar-refractivity contribution in [1.82, 2.24) is 15.3 Å². The number of ether oxygens (including phenoxy) is 1. The molecule has 0 aromatic carbocycles. The van der Waals surface area contributed by atoms with E-state index in [1.807, 2.05) is 13.0 Å². The summed E-state index contributed by atoms with van der Waals surface area (Å²) in [6, 6.07) is 2.15. The molecule has 1 saturated carbocycles. The van der Waals surface area contributed by atoms with Crippen molar-refractivity contribution in [2.45, 2.75) is 44.8 Å². The first-order valence-electron chi connectivity index (χ1n) is 9.06. The SMILES string of the molecule is Cc1nccc(CC2C(NCC3CCOCC3)CC(O)C2CO)n1. The third-order valence-electron chi connectivity index (χ3n) is 5.56. The smallest absolute Gasteiger partial charge is 0.125 e. The van der Waals surface area contributed by atoms with Crippen LogP contribution in [0.1, 0.15) is 30.8 Å². The number of rotatable bonds is 6. The molecule has 1 aliphatic carbocycles. The van der Waals surface area contributed by atoms with Gasteiger partial charge in [0.15, 0.2) is 0 Å². The highest BCUT2D eigenvalue weighted by molar-refractivity contribution is 5.07. The van der Waals surface area contributed by atoms with E-state index in [1.165, 1.54) is 0 Å². The Morgan fingerprint density at radius 2 is 2.08 bits per heavy atom. The van der Waals surface area contributed by atoms with Crippen molar-refractivity contribution in [3.63, 3.8) is 0 Å². The van der Waals surface area contributed by atoms with Gasteiger partial charge >= 0.3 is 0 Å². The minimum atomic E-state index is -0.449. The van der Waals surface area contributed by atoms with E-state index < -0.39 is 6.10 Å². The molecule has 0 bridgehead atoms. The zero-order chi connectivity index (χ0) is 16.9. The number of aromatic nitrogens is 2. The van der Waals surface area contributed by atoms with Gasteiger partial charge in [-0.15, -0.1) is 0 Å². The van der Waals surface area contributed by atoms with Gasteiger partial charge in [0.25, 0.3) is 0 Å². The second kappa shape index (κ2) is 8.34. The number of nitrogens with one attached hydrogen (secondary N) is 1. The highest BCUT2D eigenvalue weighted by atomic mass is 16.5. The standard InChI is InChI=1S/C18H29N3O3/c1-12-19-5-2-14(21-12)8-15-16(11-22)18(23)9-17(15)20-10-13-3-6-24-7-4-13/h2,5,13,15-18,20,22-23H,3-4,6-11H2,1H3. The predicted molar refractivity (Wildman–Crippen MR) is 90.5 cm³/mol. The second-order valence-corrected chi connectivity index (χ2v) is 7.18. The Balaban J connectivity index is 1.64. The molecule has 0 radical (unpaired) electrons. The van der Waals surface area contributed by atoms with Crippen molar-refractivity contribution < 1.29 is 14.9 Å². The molecule has 3 N–H and O–H groups in total. The van der Waals surface area contributed by atoms with E-state index >= 15 is 0 Å². The van der Waals surface area contributed by atoms with Crippen LogP contribution in [0.5, 0.6) is 0 Å². The van der Waals surface area contributed by atoms with E-state index in [1.54, 1.807) is 6.20 Å². The zero-order valence-corrected chi connectivity index (χ0v) is 14.4. The van der Waals surface area contributed by atoms with Crippen molar-refractivity contribution in [1.29, 1.82) is 0 Å². The molecule has 134 valence electrons. The molecule has 2 heterocycles. The monoisotopic (exact) mass is 335 g/mol. The molecule has 4 unspecified atom stereocenters. The van der Waals surface area contributed by atoms with Crippen LogP contribution in [0, 0.1) is 24.7 Å². The summed E-state index contributed by atoms with van der Waals surface area (Å²) in [6.45, 7) is 4.56. The number of aliphatic hydroxyl groups is 2. The molecule has 4 atom stereocenters. The molecule has 0 spiro atoms. The minimum absolute atomic E-state index is 0.0192. The number of aryl methyl sites for hydroxylation is 1. The first kappa shape index (κ1) is 17.7. The third kappa shape index (κ3) is 4.30. The summed E-state index contributed by atoms with van der Waals surface area (Å²) in [5.74, 6) is 1.51. The van der Waals surface area contributed by atoms with E-state index in [0.29, 0.717) is 12.3 Å². The molecular weight excluding hydrogens is 306 g/mol. The Kier molecular flexibility index (Phi) is 6.16. The molecule has 1 aromatic heterocycles. The van der Waals surface area contributed by atoms with Crippen LogP contribution >= 0.6 is 0 Å². The van der Waals surface area contributed by atoms with E-state index in [9.17, 15) is 10.2 Å². The van der Waals surface area contributed by atoms with Crippen LogP contribution in [-0.4, -0.2) is 58.7 Å². The van der Waals surface area contributed by atoms with Crippen molar-refractivity contribution in [2.24, 2.45) is 17.8 Å². The van der Waals surface area contributed by atoms with Gasteiger partial charge in [0.1, 0.15) is 5.82 Å². The van der Waals surface area contributed by atoms with Crippen LogP contribution in [0.3, 0.4) is 0 Å². The normalized spacial score (nSPS) is 31.5. The summed E-state index contributed by atoms with van der Waals surface area (Å²) in [6.07, 6.45) is 4.99. The summed E-state index contributed by atoms with van der Waals surface area (Å²) in [5, 5.41) is 23.7. The van der Waals surface area contributed by atoms with Crippen LogP contribution in [0.15, 0.2) is 12.3 Å². The summed E-state index contributed by atoms with van der Waals surface area (Å²) in [4.78, 5) is 8.64. The Morgan fingerprint density at radius 3 is 2.79 bits per heavy atom. The van der Waals surface area contributed by atoms with Gasteiger partial charge in [-0.1, -0.05) is 0 Å². The fraction of sp³-hybridized carbons (Fsp3) is 0.778. The van der Waals surface area contributed by atoms with E-state index in [0.717, 1.165) is 50.5 Å². The molecule has 24 heavy (non-hydrogen) atoms. The maximum absolute atomic E-state index is 10.3. The first-order valence-corrected chi connectivity index (χ1v) is 9.06. The summed E-state index contributed by atoms with van der Waals surface area (Å²) >= 11 is 0. The molecule has 1 aliphatic heterocycles. The molecule has 1 saturated heterocycles. The maximum atomic E-state index is 10.3.